The highest BCUT2D eigenvalue weighted by Gasteiger charge is 2.06. The normalized spacial score (nSPS) is 9.76. The standard InChI is InChI=1S/C15H14N2O3S/c18-8-2-1-3-12-4-5-13(21-12)10-17-15(20)11-6-7-16-14(19)9-11/h4-7,9,18H,2,8,10H2,(H,16,19)(H,17,20). The van der Waals surface area contributed by atoms with Crippen molar-refractivity contribution in [1.29, 1.82) is 0 Å². The Balaban J connectivity index is 1.93. The fourth-order valence-corrected chi connectivity index (χ4v) is 2.42. The van der Waals surface area contributed by atoms with Crippen LogP contribution >= 0.6 is 11.3 Å². The fourth-order valence-electron chi connectivity index (χ4n) is 1.60. The molecule has 3 N–H and O–H groups in total. The minimum absolute atomic E-state index is 0.0531. The molecule has 2 rings (SSSR count). The third-order valence-electron chi connectivity index (χ3n) is 2.57. The van der Waals surface area contributed by atoms with Crippen LogP contribution in [0.25, 0.3) is 0 Å². The number of thiophene rings is 1. The molecule has 0 spiro atoms. The Morgan fingerprint density at radius 2 is 2.24 bits per heavy atom. The van der Waals surface area contributed by atoms with Gasteiger partial charge in [-0.1, -0.05) is 11.8 Å². The van der Waals surface area contributed by atoms with Crippen molar-refractivity contribution in [2.45, 2.75) is 13.0 Å². The van der Waals surface area contributed by atoms with Crippen LogP contribution in [0, 0.1) is 11.8 Å². The summed E-state index contributed by atoms with van der Waals surface area (Å²) in [5.41, 5.74) is 0.0264. The molecule has 21 heavy (non-hydrogen) atoms. The molecule has 6 heteroatoms. The third-order valence-corrected chi connectivity index (χ3v) is 3.57. The van der Waals surface area contributed by atoms with Crippen LogP contribution in [0.3, 0.4) is 0 Å². The number of aromatic amines is 1. The van der Waals surface area contributed by atoms with E-state index in [0.717, 1.165) is 9.75 Å². The molecular weight excluding hydrogens is 288 g/mol. The van der Waals surface area contributed by atoms with E-state index in [-0.39, 0.29) is 18.1 Å². The van der Waals surface area contributed by atoms with Gasteiger partial charge in [-0.15, -0.1) is 11.3 Å². The lowest BCUT2D eigenvalue weighted by Gasteiger charge is -2.02. The first-order chi connectivity index (χ1) is 10.2. The molecule has 0 aliphatic heterocycles. The second-order valence-corrected chi connectivity index (χ2v) is 5.33. The number of aromatic nitrogens is 1. The Kier molecular flexibility index (Phi) is 5.32. The van der Waals surface area contributed by atoms with Gasteiger partial charge in [0.2, 0.25) is 5.56 Å². The second kappa shape index (κ2) is 7.43. The lowest BCUT2D eigenvalue weighted by molar-refractivity contribution is 0.0951. The number of carbonyl (C=O) groups is 1. The zero-order valence-electron chi connectivity index (χ0n) is 11.2. The highest BCUT2D eigenvalue weighted by atomic mass is 32.1. The van der Waals surface area contributed by atoms with Crippen LogP contribution in [-0.2, 0) is 6.54 Å². The van der Waals surface area contributed by atoms with Crippen molar-refractivity contribution in [3.63, 3.8) is 0 Å². The summed E-state index contributed by atoms with van der Waals surface area (Å²) >= 11 is 1.49. The van der Waals surface area contributed by atoms with Crippen LogP contribution in [0.1, 0.15) is 26.5 Å². The first kappa shape index (κ1) is 15.0. The average molecular weight is 302 g/mol. The number of hydrogen-bond acceptors (Lipinski definition) is 4. The summed E-state index contributed by atoms with van der Waals surface area (Å²) in [6.45, 7) is 0.440. The molecule has 2 aromatic heterocycles. The minimum atomic E-state index is -0.305. The van der Waals surface area contributed by atoms with Gasteiger partial charge in [0, 0.05) is 29.1 Å². The van der Waals surface area contributed by atoms with Gasteiger partial charge in [0.05, 0.1) is 18.0 Å². The van der Waals surface area contributed by atoms with Crippen LogP contribution in [0.5, 0.6) is 0 Å². The number of pyridine rings is 1. The molecule has 0 unspecified atom stereocenters. The number of rotatable bonds is 4. The maximum atomic E-state index is 11.9. The van der Waals surface area contributed by atoms with E-state index >= 15 is 0 Å². The van der Waals surface area contributed by atoms with E-state index in [4.69, 9.17) is 5.11 Å². The summed E-state index contributed by atoms with van der Waals surface area (Å²) in [7, 11) is 0. The van der Waals surface area contributed by atoms with Gasteiger partial charge in [0.25, 0.3) is 5.91 Å². The van der Waals surface area contributed by atoms with Crippen molar-refractivity contribution in [3.8, 4) is 11.8 Å². The molecule has 0 bridgehead atoms. The fraction of sp³-hybridized carbons (Fsp3) is 0.200. The van der Waals surface area contributed by atoms with Gasteiger partial charge in [-0.05, 0) is 18.2 Å². The molecule has 108 valence electrons. The number of nitrogens with one attached hydrogen (secondary N) is 2. The van der Waals surface area contributed by atoms with E-state index in [9.17, 15) is 9.59 Å². The van der Waals surface area contributed by atoms with E-state index in [1.807, 2.05) is 12.1 Å². The smallest absolute Gasteiger partial charge is 0.251 e. The molecule has 0 saturated heterocycles. The molecule has 0 atom stereocenters. The van der Waals surface area contributed by atoms with Gasteiger partial charge in [0.15, 0.2) is 0 Å². The second-order valence-electron chi connectivity index (χ2n) is 4.17. The van der Waals surface area contributed by atoms with Crippen molar-refractivity contribution < 1.29 is 9.90 Å². The molecular formula is C15H14N2O3S. The molecule has 1 amide bonds. The van der Waals surface area contributed by atoms with Crippen LogP contribution in [-0.4, -0.2) is 22.6 Å². The predicted molar refractivity (Wildman–Crippen MR) is 81.1 cm³/mol. The van der Waals surface area contributed by atoms with Crippen molar-refractivity contribution in [1.82, 2.24) is 10.3 Å². The molecule has 0 aliphatic rings. The van der Waals surface area contributed by atoms with Crippen molar-refractivity contribution in [2.24, 2.45) is 0 Å². The SMILES string of the molecule is O=C(NCc1ccc(C#CCCO)s1)c1cc[nH]c(=O)c1. The molecule has 2 heterocycles. The van der Waals surface area contributed by atoms with E-state index < -0.39 is 0 Å². The van der Waals surface area contributed by atoms with Crippen LogP contribution in [0.4, 0.5) is 0 Å². The monoisotopic (exact) mass is 302 g/mol. The summed E-state index contributed by atoms with van der Waals surface area (Å²) in [6.07, 6.45) is 1.89. The lowest BCUT2D eigenvalue weighted by Crippen LogP contribution is -2.23. The van der Waals surface area contributed by atoms with E-state index in [1.165, 1.54) is 23.6 Å². The lowest BCUT2D eigenvalue weighted by atomic mass is 10.2. The summed E-state index contributed by atoms with van der Waals surface area (Å²) in [4.78, 5) is 27.3. The van der Waals surface area contributed by atoms with Crippen LogP contribution in [0.15, 0.2) is 35.3 Å². The quantitative estimate of drug-likeness (QED) is 0.740. The van der Waals surface area contributed by atoms with Crippen molar-refractivity contribution >= 4 is 17.2 Å². The third kappa shape index (κ3) is 4.60. The molecule has 2 aromatic rings. The number of aliphatic hydroxyl groups is 1. The first-order valence-corrected chi connectivity index (χ1v) is 7.16. The van der Waals surface area contributed by atoms with Gasteiger partial charge in [-0.2, -0.15) is 0 Å². The maximum absolute atomic E-state index is 11.9. The molecule has 0 aliphatic carbocycles. The molecule has 0 radical (unpaired) electrons. The average Bonchev–Trinajstić information content (AvgIpc) is 2.93. The van der Waals surface area contributed by atoms with Gasteiger partial charge < -0.3 is 15.4 Å². The number of amides is 1. The Labute approximate surface area is 125 Å². The highest BCUT2D eigenvalue weighted by Crippen LogP contribution is 2.15. The van der Waals surface area contributed by atoms with E-state index in [0.29, 0.717) is 18.5 Å². The number of hydrogen-bond donors (Lipinski definition) is 3. The summed E-state index contributed by atoms with van der Waals surface area (Å²) in [5.74, 6) is 5.50. The number of carbonyl (C=O) groups excluding carboxylic acids is 1. The molecule has 5 nitrogen and oxygen atoms in total. The molecule has 0 fully saturated rings. The largest absolute Gasteiger partial charge is 0.395 e. The van der Waals surface area contributed by atoms with Gasteiger partial charge in [0.1, 0.15) is 0 Å². The number of aliphatic hydroxyl groups excluding tert-OH is 1. The maximum Gasteiger partial charge on any atom is 0.251 e. The van der Waals surface area contributed by atoms with Crippen molar-refractivity contribution in [2.75, 3.05) is 6.61 Å². The predicted octanol–water partition coefficient (Wildman–Crippen LogP) is 1.10. The summed E-state index contributed by atoms with van der Waals surface area (Å²) < 4.78 is 0. The van der Waals surface area contributed by atoms with Crippen LogP contribution in [0.2, 0.25) is 0 Å². The minimum Gasteiger partial charge on any atom is -0.395 e. The summed E-state index contributed by atoms with van der Waals surface area (Å²) in [5, 5.41) is 11.4. The highest BCUT2D eigenvalue weighted by molar-refractivity contribution is 7.12. The first-order valence-electron chi connectivity index (χ1n) is 6.34. The van der Waals surface area contributed by atoms with Crippen LogP contribution < -0.4 is 10.9 Å². The van der Waals surface area contributed by atoms with Gasteiger partial charge in [-0.25, -0.2) is 0 Å². The topological polar surface area (TPSA) is 82.2 Å². The Bertz CT molecular complexity index is 737. The van der Waals surface area contributed by atoms with Gasteiger partial charge >= 0.3 is 0 Å². The van der Waals surface area contributed by atoms with E-state index in [1.54, 1.807) is 6.07 Å². The van der Waals surface area contributed by atoms with Gasteiger partial charge in [-0.3, -0.25) is 9.59 Å². The molecule has 0 saturated carbocycles. The van der Waals surface area contributed by atoms with Crippen molar-refractivity contribution in [3.05, 3.63) is 56.1 Å². The zero-order chi connectivity index (χ0) is 15.1. The number of H-pyrrole nitrogens is 1. The summed E-state index contributed by atoms with van der Waals surface area (Å²) in [6, 6.07) is 6.59. The Hall–Kier alpha value is -2.36. The van der Waals surface area contributed by atoms with E-state index in [2.05, 4.69) is 22.1 Å². The zero-order valence-corrected chi connectivity index (χ0v) is 12.0. The molecule has 0 aromatic carbocycles. The Morgan fingerprint density at radius 3 is 3.00 bits per heavy atom. The Morgan fingerprint density at radius 1 is 1.38 bits per heavy atom.